The summed E-state index contributed by atoms with van der Waals surface area (Å²) in [7, 11) is 0. The highest BCUT2D eigenvalue weighted by Gasteiger charge is 2.49. The lowest BCUT2D eigenvalue weighted by atomic mass is 9.67. The van der Waals surface area contributed by atoms with Crippen LogP contribution < -0.4 is 9.80 Å². The van der Waals surface area contributed by atoms with Gasteiger partial charge in [-0.2, -0.15) is 0 Å². The minimum absolute atomic E-state index is 0.218. The maximum atomic E-state index is 7.15. The average Bonchev–Trinajstić information content (AvgIpc) is 1.54. The number of rotatable bonds is 10. The Kier molecular flexibility index (Phi) is 12.8. The van der Waals surface area contributed by atoms with Gasteiger partial charge in [0.05, 0.1) is 10.8 Å². The van der Waals surface area contributed by atoms with Crippen LogP contribution in [-0.4, -0.2) is 0 Å². The van der Waals surface area contributed by atoms with E-state index in [2.05, 4.69) is 389 Å². The number of anilines is 6. The van der Waals surface area contributed by atoms with Gasteiger partial charge in [-0.3, -0.25) is 0 Å². The minimum Gasteiger partial charge on any atom is -0.456 e. The Labute approximate surface area is 631 Å². The lowest BCUT2D eigenvalue weighted by Gasteiger charge is -2.35. The van der Waals surface area contributed by atoms with Crippen molar-refractivity contribution in [2.75, 3.05) is 9.80 Å². The van der Waals surface area contributed by atoms with Crippen molar-refractivity contribution in [1.29, 1.82) is 0 Å². The van der Waals surface area contributed by atoms with Crippen LogP contribution in [0.25, 0.3) is 110 Å². The van der Waals surface area contributed by atoms with Gasteiger partial charge in [0.15, 0.2) is 0 Å². The Hall–Kier alpha value is -13.5. The minimum atomic E-state index is -0.584. The molecule has 0 aliphatic heterocycles. The maximum absolute atomic E-state index is 7.15. The number of hydrogen-bond acceptors (Lipinski definition) is 5. The van der Waals surface area contributed by atoms with Gasteiger partial charge in [0.2, 0.25) is 0 Å². The molecule has 0 N–H and O–H groups in total. The van der Waals surface area contributed by atoms with Crippen LogP contribution in [0.2, 0.25) is 0 Å². The van der Waals surface area contributed by atoms with Crippen LogP contribution in [0.1, 0.15) is 94.5 Å². The van der Waals surface area contributed by atoms with Crippen LogP contribution in [0, 0.1) is 0 Å². The van der Waals surface area contributed by atoms with E-state index in [1.165, 1.54) is 111 Å². The summed E-state index contributed by atoms with van der Waals surface area (Å²) in [6.07, 6.45) is 0. The Morgan fingerprint density at radius 3 is 0.743 bits per heavy atom. The molecule has 0 bridgehead atoms. The van der Waals surface area contributed by atoms with E-state index in [0.717, 1.165) is 99.9 Å². The standard InChI is InChI=1S/C104H70N2O3/c1-101(2)87-37-21-17-33-73(87)77-47-41-67(53-91(77)101)105(69-43-49-79-75-35-19-23-39-89(75)103(93(79)55-69,63-25-9-5-10-26-63)64-27-11-6-12-28-64)71-45-51-81-83-59-99-85(61-97(83)107-95(81)57-71)86-62-98-84(60-100(86)109-99)82-52-46-72(58-96(82)108-98)106(68-42-48-78-74-34-18-22-38-88(74)102(3,4)92(78)54-68)70-44-50-80-76-36-20-24-40-90(76)104(94(80)56-70,65-29-13-7-14-30-65)66-31-15-8-16-32-66/h5-62H,1-4H3. The third-order valence-corrected chi connectivity index (χ3v) is 25.2. The topological polar surface area (TPSA) is 45.9 Å². The van der Waals surface area contributed by atoms with Crippen LogP contribution in [-0.2, 0) is 21.7 Å². The van der Waals surface area contributed by atoms with Gasteiger partial charge >= 0.3 is 0 Å². The molecule has 514 valence electrons. The first kappa shape index (κ1) is 61.8. The van der Waals surface area contributed by atoms with Gasteiger partial charge in [-0.15, -0.1) is 0 Å². The average molecular weight is 1400 g/mol. The molecule has 3 heterocycles. The van der Waals surface area contributed by atoms with Crippen molar-refractivity contribution in [3.8, 4) is 44.5 Å². The highest BCUT2D eigenvalue weighted by molar-refractivity contribution is 6.19. The molecule has 0 saturated heterocycles. The van der Waals surface area contributed by atoms with E-state index in [0.29, 0.717) is 0 Å². The van der Waals surface area contributed by atoms with Crippen LogP contribution in [0.15, 0.2) is 365 Å². The second kappa shape index (κ2) is 22.5. The van der Waals surface area contributed by atoms with E-state index in [9.17, 15) is 0 Å². The lowest BCUT2D eigenvalue weighted by Crippen LogP contribution is -2.28. The molecule has 0 unspecified atom stereocenters. The zero-order valence-corrected chi connectivity index (χ0v) is 60.6. The fraction of sp³-hybridized carbons (Fsp3) is 0.0769. The van der Waals surface area contributed by atoms with Crippen molar-refractivity contribution in [1.82, 2.24) is 0 Å². The lowest BCUT2D eigenvalue weighted by molar-refractivity contribution is 0.660. The number of nitrogens with zero attached hydrogens (tertiary/aromatic N) is 2. The van der Waals surface area contributed by atoms with E-state index >= 15 is 0 Å². The molecule has 0 atom stereocenters. The van der Waals surface area contributed by atoms with Gasteiger partial charge in [-0.1, -0.05) is 270 Å². The summed E-state index contributed by atoms with van der Waals surface area (Å²) in [4.78, 5) is 4.88. The molecule has 5 heteroatoms. The molecule has 4 aliphatic rings. The smallest absolute Gasteiger partial charge is 0.137 e. The SMILES string of the molecule is CC1(C)c2ccccc2-c2ccc(N(c3ccc4c(c3)C(c3ccccc3)(c3ccccc3)c3ccccc3-4)c3ccc4c(c3)oc3cc5c(cc34)oc3cc4c(cc35)oc3cc(N(c5ccc6c(c5)C(C)(C)c5ccccc5-6)c5ccc6c(c5)C(c5ccccc5)(c5ccccc5)c5ccccc5-6)ccc34)cc21. The molecular weight excluding hydrogens is 1330 g/mol. The summed E-state index contributed by atoms with van der Waals surface area (Å²) in [5.74, 6) is 0. The predicted molar refractivity (Wildman–Crippen MR) is 447 cm³/mol. The van der Waals surface area contributed by atoms with Crippen LogP contribution in [0.4, 0.5) is 34.1 Å². The summed E-state index contributed by atoms with van der Waals surface area (Å²) >= 11 is 0. The summed E-state index contributed by atoms with van der Waals surface area (Å²) in [5, 5.41) is 5.92. The zero-order chi connectivity index (χ0) is 72.2. The third kappa shape index (κ3) is 8.50. The molecular formula is C104H70N2O3. The molecule has 0 radical (unpaired) electrons. The van der Waals surface area contributed by atoms with Crippen molar-refractivity contribution in [2.45, 2.75) is 49.4 Å². The van der Waals surface area contributed by atoms with Crippen molar-refractivity contribution in [3.63, 3.8) is 0 Å². The van der Waals surface area contributed by atoms with E-state index in [1.807, 2.05) is 0 Å². The van der Waals surface area contributed by atoms with E-state index in [4.69, 9.17) is 13.3 Å². The van der Waals surface area contributed by atoms with Crippen LogP contribution in [0.5, 0.6) is 0 Å². The van der Waals surface area contributed by atoms with Gasteiger partial charge in [-0.05, 0) is 208 Å². The molecule has 23 rings (SSSR count). The summed E-state index contributed by atoms with van der Waals surface area (Å²) < 4.78 is 21.3. The van der Waals surface area contributed by atoms with Crippen molar-refractivity contribution in [3.05, 3.63) is 419 Å². The summed E-state index contributed by atoms with van der Waals surface area (Å²) in [5.41, 5.74) is 34.7. The largest absolute Gasteiger partial charge is 0.456 e. The summed E-state index contributed by atoms with van der Waals surface area (Å²) in [6, 6.07) is 131. The molecule has 19 aromatic rings. The van der Waals surface area contributed by atoms with E-state index in [1.54, 1.807) is 0 Å². The monoisotopic (exact) mass is 1390 g/mol. The predicted octanol–water partition coefficient (Wildman–Crippen LogP) is 27.7. The van der Waals surface area contributed by atoms with Gasteiger partial charge in [0.1, 0.15) is 33.5 Å². The maximum Gasteiger partial charge on any atom is 0.137 e. The fourth-order valence-electron chi connectivity index (χ4n) is 20.3. The van der Waals surface area contributed by atoms with Crippen molar-refractivity contribution in [2.24, 2.45) is 0 Å². The number of hydrogen-bond donors (Lipinski definition) is 0. The third-order valence-electron chi connectivity index (χ3n) is 25.2. The molecule has 5 nitrogen and oxygen atoms in total. The molecule has 4 aliphatic carbocycles. The van der Waals surface area contributed by atoms with Gasteiger partial charge in [-0.25, -0.2) is 0 Å². The molecule has 0 spiro atoms. The van der Waals surface area contributed by atoms with Crippen molar-refractivity contribution < 1.29 is 13.3 Å². The van der Waals surface area contributed by atoms with Gasteiger partial charge < -0.3 is 23.1 Å². The number of benzene rings is 16. The van der Waals surface area contributed by atoms with E-state index < -0.39 is 10.8 Å². The quantitative estimate of drug-likeness (QED) is 0.137. The molecule has 0 saturated carbocycles. The molecule has 16 aromatic carbocycles. The number of furan rings is 3. The Balaban J connectivity index is 0.661. The van der Waals surface area contributed by atoms with E-state index in [-0.39, 0.29) is 10.8 Å². The fourth-order valence-corrected chi connectivity index (χ4v) is 20.3. The van der Waals surface area contributed by atoms with Gasteiger partial charge in [0, 0.05) is 89.4 Å². The first-order valence-corrected chi connectivity index (χ1v) is 38.0. The Morgan fingerprint density at radius 1 is 0.183 bits per heavy atom. The first-order chi connectivity index (χ1) is 53.5. The Bertz CT molecular complexity index is 6550. The first-order valence-electron chi connectivity index (χ1n) is 38.0. The highest BCUT2D eigenvalue weighted by atomic mass is 16.3. The molecule has 3 aromatic heterocycles. The Morgan fingerprint density at radius 2 is 0.413 bits per heavy atom. The molecule has 0 amide bonds. The second-order valence-corrected chi connectivity index (χ2v) is 31.3. The zero-order valence-electron chi connectivity index (χ0n) is 60.6. The second-order valence-electron chi connectivity index (χ2n) is 31.3. The van der Waals surface area contributed by atoms with Crippen LogP contribution in [0.3, 0.4) is 0 Å². The van der Waals surface area contributed by atoms with Crippen molar-refractivity contribution >= 4 is 99.9 Å². The molecule has 109 heavy (non-hydrogen) atoms. The summed E-state index contributed by atoms with van der Waals surface area (Å²) in [6.45, 7) is 9.45. The van der Waals surface area contributed by atoms with Gasteiger partial charge in [0.25, 0.3) is 0 Å². The highest BCUT2D eigenvalue weighted by Crippen LogP contribution is 2.61. The normalized spacial score (nSPS) is 14.7. The number of fused-ring (bicyclic) bond motifs is 21. The molecule has 0 fully saturated rings. The van der Waals surface area contributed by atoms with Crippen LogP contribution >= 0.6 is 0 Å².